The van der Waals surface area contributed by atoms with Crippen LogP contribution < -0.4 is 5.32 Å². The summed E-state index contributed by atoms with van der Waals surface area (Å²) in [6.45, 7) is 0.216. The molecule has 1 aliphatic carbocycles. The SMILES string of the molecule is O=C(NC1CCCC1)[C@@H](Cc1ccccc1)N(Cc1ccc(Br)cc1)C(=O)Cc1c(F)cccc1Cl. The van der Waals surface area contributed by atoms with Crippen molar-refractivity contribution in [3.05, 3.63) is 105 Å². The molecule has 7 heteroatoms. The molecule has 0 unspecified atom stereocenters. The van der Waals surface area contributed by atoms with E-state index in [1.54, 1.807) is 11.0 Å². The topological polar surface area (TPSA) is 49.4 Å². The fraction of sp³-hybridized carbons (Fsp3) is 0.310. The maximum atomic E-state index is 14.6. The third-order valence-corrected chi connectivity index (χ3v) is 7.51. The zero-order valence-corrected chi connectivity index (χ0v) is 22.3. The lowest BCUT2D eigenvalue weighted by Crippen LogP contribution is -2.52. The van der Waals surface area contributed by atoms with Gasteiger partial charge in [0.05, 0.1) is 6.42 Å². The van der Waals surface area contributed by atoms with Gasteiger partial charge in [-0.25, -0.2) is 4.39 Å². The minimum atomic E-state index is -0.755. The van der Waals surface area contributed by atoms with Gasteiger partial charge in [0.25, 0.3) is 0 Å². The van der Waals surface area contributed by atoms with Crippen LogP contribution in [0.1, 0.15) is 42.4 Å². The number of nitrogens with one attached hydrogen (secondary N) is 1. The van der Waals surface area contributed by atoms with Crippen molar-refractivity contribution in [1.29, 1.82) is 0 Å². The second kappa shape index (κ2) is 12.5. The van der Waals surface area contributed by atoms with Crippen molar-refractivity contribution in [3.63, 3.8) is 0 Å². The Morgan fingerprint density at radius 3 is 2.33 bits per heavy atom. The molecule has 2 amide bonds. The fourth-order valence-electron chi connectivity index (χ4n) is 4.66. The first kappa shape index (κ1) is 26.4. The van der Waals surface area contributed by atoms with Crippen LogP contribution in [0.3, 0.4) is 0 Å². The molecule has 3 aromatic rings. The molecule has 0 radical (unpaired) electrons. The van der Waals surface area contributed by atoms with Gasteiger partial charge in [0.15, 0.2) is 0 Å². The lowest BCUT2D eigenvalue weighted by atomic mass is 10.0. The summed E-state index contributed by atoms with van der Waals surface area (Å²) in [6, 6.07) is 21.0. The number of halogens is 3. The van der Waals surface area contributed by atoms with Gasteiger partial charge in [-0.2, -0.15) is 0 Å². The predicted molar refractivity (Wildman–Crippen MR) is 144 cm³/mol. The van der Waals surface area contributed by atoms with Crippen molar-refractivity contribution in [3.8, 4) is 0 Å². The Morgan fingerprint density at radius 1 is 0.972 bits per heavy atom. The third-order valence-electron chi connectivity index (χ3n) is 6.63. The number of nitrogens with zero attached hydrogens (tertiary/aromatic N) is 1. The molecular weight excluding hydrogens is 543 g/mol. The number of carbonyl (C=O) groups excluding carboxylic acids is 2. The van der Waals surface area contributed by atoms with Crippen LogP contribution in [-0.2, 0) is 29.0 Å². The zero-order valence-electron chi connectivity index (χ0n) is 19.9. The van der Waals surface area contributed by atoms with Crippen molar-refractivity contribution >= 4 is 39.3 Å². The van der Waals surface area contributed by atoms with E-state index in [9.17, 15) is 14.0 Å². The molecule has 188 valence electrons. The number of benzene rings is 3. The van der Waals surface area contributed by atoms with Gasteiger partial charge in [-0.15, -0.1) is 0 Å². The van der Waals surface area contributed by atoms with Gasteiger partial charge in [0.2, 0.25) is 11.8 Å². The molecule has 1 saturated carbocycles. The van der Waals surface area contributed by atoms with Gasteiger partial charge in [0, 0.05) is 34.1 Å². The van der Waals surface area contributed by atoms with Crippen LogP contribution in [0.2, 0.25) is 5.02 Å². The molecule has 0 spiro atoms. The van der Waals surface area contributed by atoms with E-state index in [4.69, 9.17) is 11.6 Å². The Balaban J connectivity index is 1.68. The molecule has 1 N–H and O–H groups in total. The van der Waals surface area contributed by atoms with E-state index in [2.05, 4.69) is 21.2 Å². The molecule has 0 aromatic heterocycles. The van der Waals surface area contributed by atoms with E-state index in [-0.39, 0.29) is 41.4 Å². The van der Waals surface area contributed by atoms with E-state index < -0.39 is 11.9 Å². The minimum Gasteiger partial charge on any atom is -0.352 e. The molecule has 1 fully saturated rings. The Labute approximate surface area is 225 Å². The smallest absolute Gasteiger partial charge is 0.243 e. The average molecular weight is 572 g/mol. The lowest BCUT2D eigenvalue weighted by molar-refractivity contribution is -0.141. The molecule has 1 atom stereocenters. The molecule has 0 saturated heterocycles. The van der Waals surface area contributed by atoms with Crippen LogP contribution in [0, 0.1) is 5.82 Å². The largest absolute Gasteiger partial charge is 0.352 e. The van der Waals surface area contributed by atoms with Crippen molar-refractivity contribution in [2.45, 2.75) is 57.2 Å². The molecule has 4 rings (SSSR count). The summed E-state index contributed by atoms with van der Waals surface area (Å²) in [6.07, 6.45) is 4.17. The molecule has 4 nitrogen and oxygen atoms in total. The highest BCUT2D eigenvalue weighted by molar-refractivity contribution is 9.10. The number of hydrogen-bond acceptors (Lipinski definition) is 2. The van der Waals surface area contributed by atoms with Gasteiger partial charge >= 0.3 is 0 Å². The van der Waals surface area contributed by atoms with Crippen LogP contribution in [-0.4, -0.2) is 28.8 Å². The maximum absolute atomic E-state index is 14.6. The highest BCUT2D eigenvalue weighted by atomic mass is 79.9. The summed E-state index contributed by atoms with van der Waals surface area (Å²) in [5, 5.41) is 3.37. The molecule has 0 heterocycles. The van der Waals surface area contributed by atoms with Gasteiger partial charge in [-0.05, 0) is 48.2 Å². The summed E-state index contributed by atoms with van der Waals surface area (Å²) in [4.78, 5) is 29.0. The monoisotopic (exact) mass is 570 g/mol. The molecule has 0 bridgehead atoms. The highest BCUT2D eigenvalue weighted by Crippen LogP contribution is 2.24. The van der Waals surface area contributed by atoms with Crippen molar-refractivity contribution in [1.82, 2.24) is 10.2 Å². The van der Waals surface area contributed by atoms with Crippen LogP contribution in [0.5, 0.6) is 0 Å². The highest BCUT2D eigenvalue weighted by Gasteiger charge is 2.32. The molecule has 1 aliphatic rings. The van der Waals surface area contributed by atoms with E-state index in [0.717, 1.165) is 41.3 Å². The zero-order chi connectivity index (χ0) is 25.5. The first-order valence-electron chi connectivity index (χ1n) is 12.2. The van der Waals surface area contributed by atoms with Crippen LogP contribution in [0.4, 0.5) is 4.39 Å². The van der Waals surface area contributed by atoms with Gasteiger partial charge < -0.3 is 10.2 Å². The van der Waals surface area contributed by atoms with Gasteiger partial charge in [-0.3, -0.25) is 9.59 Å². The first-order valence-corrected chi connectivity index (χ1v) is 13.4. The molecule has 3 aromatic carbocycles. The molecule has 0 aliphatic heterocycles. The lowest BCUT2D eigenvalue weighted by Gasteiger charge is -2.32. The number of carbonyl (C=O) groups is 2. The van der Waals surface area contributed by atoms with Crippen LogP contribution in [0.15, 0.2) is 77.3 Å². The normalized spacial score (nSPS) is 14.4. The number of rotatable bonds is 9. The molecular formula is C29H29BrClFN2O2. The summed E-state index contributed by atoms with van der Waals surface area (Å²) in [5.74, 6) is -1.07. The number of amides is 2. The summed E-state index contributed by atoms with van der Waals surface area (Å²) in [7, 11) is 0. The first-order chi connectivity index (χ1) is 17.4. The Kier molecular flexibility index (Phi) is 9.16. The third kappa shape index (κ3) is 6.95. The van der Waals surface area contributed by atoms with Crippen LogP contribution in [0.25, 0.3) is 0 Å². The van der Waals surface area contributed by atoms with E-state index in [1.807, 2.05) is 54.6 Å². The Hall–Kier alpha value is -2.70. The predicted octanol–water partition coefficient (Wildman–Crippen LogP) is 6.48. The maximum Gasteiger partial charge on any atom is 0.243 e. The number of hydrogen-bond donors (Lipinski definition) is 1. The minimum absolute atomic E-state index is 0.112. The quantitative estimate of drug-likeness (QED) is 0.319. The van der Waals surface area contributed by atoms with Crippen molar-refractivity contribution in [2.75, 3.05) is 0 Å². The Morgan fingerprint density at radius 2 is 1.67 bits per heavy atom. The van der Waals surface area contributed by atoms with Crippen molar-refractivity contribution in [2.24, 2.45) is 0 Å². The van der Waals surface area contributed by atoms with Crippen molar-refractivity contribution < 1.29 is 14.0 Å². The van der Waals surface area contributed by atoms with E-state index in [0.29, 0.717) is 6.42 Å². The standard InChI is InChI=1S/C29H29BrClFN2O2/c30-22-15-13-21(14-16-22)19-34(28(35)18-24-25(31)11-6-12-26(24)32)27(17-20-7-2-1-3-8-20)29(36)33-23-9-4-5-10-23/h1-3,6-8,11-16,23,27H,4-5,9-10,17-19H2,(H,33,36)/t27-/m1/s1. The van der Waals surface area contributed by atoms with Crippen LogP contribution >= 0.6 is 27.5 Å². The fourth-order valence-corrected chi connectivity index (χ4v) is 5.16. The van der Waals surface area contributed by atoms with E-state index >= 15 is 0 Å². The average Bonchev–Trinajstić information content (AvgIpc) is 3.38. The second-order valence-electron chi connectivity index (χ2n) is 9.22. The van der Waals surface area contributed by atoms with Gasteiger partial charge in [0.1, 0.15) is 11.9 Å². The summed E-state index contributed by atoms with van der Waals surface area (Å²) in [5.41, 5.74) is 1.96. The van der Waals surface area contributed by atoms with Gasteiger partial charge in [-0.1, -0.05) is 88.9 Å². The summed E-state index contributed by atoms with van der Waals surface area (Å²) < 4.78 is 15.5. The second-order valence-corrected chi connectivity index (χ2v) is 10.5. The summed E-state index contributed by atoms with van der Waals surface area (Å²) >= 11 is 9.69. The Bertz CT molecular complexity index is 1160. The molecule has 36 heavy (non-hydrogen) atoms. The van der Waals surface area contributed by atoms with E-state index in [1.165, 1.54) is 12.1 Å².